The third kappa shape index (κ3) is 3.61. The molecule has 2 aromatic heterocycles. The monoisotopic (exact) mass is 358 g/mol. The standard InChI is InChI=1S/C19H23FN4O2/c1-11(2)16(20)10-26-18-12(3)6-13(7-23-18)8-24-9-15-14(19(24)25)4-5-22-17(15)21/h4-7,11,16H,8-10H2,1-3H3,(H2,21,22). The number of pyridine rings is 2. The summed E-state index contributed by atoms with van der Waals surface area (Å²) in [7, 11) is 0. The molecule has 3 rings (SSSR count). The molecule has 6 nitrogen and oxygen atoms in total. The first-order valence-electron chi connectivity index (χ1n) is 8.61. The van der Waals surface area contributed by atoms with E-state index in [-0.39, 0.29) is 18.4 Å². The van der Waals surface area contributed by atoms with Crippen molar-refractivity contribution >= 4 is 11.7 Å². The van der Waals surface area contributed by atoms with Crippen molar-refractivity contribution in [3.05, 3.63) is 46.8 Å². The summed E-state index contributed by atoms with van der Waals surface area (Å²) in [4.78, 5) is 22.5. The number of anilines is 1. The van der Waals surface area contributed by atoms with Crippen LogP contribution < -0.4 is 10.5 Å². The summed E-state index contributed by atoms with van der Waals surface area (Å²) >= 11 is 0. The van der Waals surface area contributed by atoms with Crippen LogP contribution in [0.15, 0.2) is 24.5 Å². The van der Waals surface area contributed by atoms with Gasteiger partial charge < -0.3 is 15.4 Å². The summed E-state index contributed by atoms with van der Waals surface area (Å²) in [5.41, 5.74) is 8.92. The predicted octanol–water partition coefficient (Wildman–Crippen LogP) is 2.90. The minimum absolute atomic E-state index is 0.0168. The first-order chi connectivity index (χ1) is 12.4. The predicted molar refractivity (Wildman–Crippen MR) is 96.4 cm³/mol. The molecule has 0 bridgehead atoms. The second-order valence-corrected chi connectivity index (χ2v) is 6.92. The lowest BCUT2D eigenvalue weighted by Gasteiger charge is -2.17. The minimum atomic E-state index is -1.03. The van der Waals surface area contributed by atoms with Gasteiger partial charge in [-0.3, -0.25) is 4.79 Å². The zero-order valence-electron chi connectivity index (χ0n) is 15.2. The molecule has 1 unspecified atom stereocenters. The van der Waals surface area contributed by atoms with Crippen molar-refractivity contribution in [2.45, 2.75) is 40.0 Å². The van der Waals surface area contributed by atoms with E-state index < -0.39 is 6.17 Å². The number of nitrogens with two attached hydrogens (primary N) is 1. The van der Waals surface area contributed by atoms with Crippen LogP contribution >= 0.6 is 0 Å². The van der Waals surface area contributed by atoms with Gasteiger partial charge in [0.05, 0.1) is 6.54 Å². The quantitative estimate of drug-likeness (QED) is 0.859. The number of hydrogen-bond acceptors (Lipinski definition) is 5. The van der Waals surface area contributed by atoms with E-state index in [1.165, 1.54) is 0 Å². The van der Waals surface area contributed by atoms with Crippen LogP contribution in [0.4, 0.5) is 10.2 Å². The topological polar surface area (TPSA) is 81.3 Å². The summed E-state index contributed by atoms with van der Waals surface area (Å²) in [5.74, 6) is 0.646. The number of alkyl halides is 1. The smallest absolute Gasteiger partial charge is 0.255 e. The summed E-state index contributed by atoms with van der Waals surface area (Å²) in [6.07, 6.45) is 2.17. The number of rotatable bonds is 6. The Labute approximate surface area is 152 Å². The largest absolute Gasteiger partial charge is 0.474 e. The Morgan fingerprint density at radius 2 is 2.15 bits per heavy atom. The van der Waals surface area contributed by atoms with Gasteiger partial charge in [-0.1, -0.05) is 13.8 Å². The summed E-state index contributed by atoms with van der Waals surface area (Å²) in [6.45, 7) is 6.31. The molecule has 2 aromatic rings. The Morgan fingerprint density at radius 1 is 1.38 bits per heavy atom. The van der Waals surface area contributed by atoms with Gasteiger partial charge in [0, 0.05) is 35.6 Å². The van der Waals surface area contributed by atoms with Crippen LogP contribution in [0, 0.1) is 12.8 Å². The van der Waals surface area contributed by atoms with Gasteiger partial charge in [-0.15, -0.1) is 0 Å². The number of nitrogens with zero attached hydrogens (tertiary/aromatic N) is 3. The molecule has 0 spiro atoms. The lowest BCUT2D eigenvalue weighted by Crippen LogP contribution is -2.23. The molecule has 0 aliphatic carbocycles. The third-order valence-electron chi connectivity index (χ3n) is 4.52. The van der Waals surface area contributed by atoms with E-state index in [0.717, 1.165) is 16.7 Å². The second-order valence-electron chi connectivity index (χ2n) is 6.92. The number of fused-ring (bicyclic) bond motifs is 1. The third-order valence-corrected chi connectivity index (χ3v) is 4.52. The number of ether oxygens (including phenoxy) is 1. The van der Waals surface area contributed by atoms with Crippen LogP contribution in [0.1, 0.15) is 40.9 Å². The average molecular weight is 358 g/mol. The van der Waals surface area contributed by atoms with Crippen molar-refractivity contribution in [3.63, 3.8) is 0 Å². The molecule has 0 radical (unpaired) electrons. The van der Waals surface area contributed by atoms with Crippen molar-refractivity contribution in [1.29, 1.82) is 0 Å². The molecule has 2 N–H and O–H groups in total. The molecule has 138 valence electrons. The number of amides is 1. The highest BCUT2D eigenvalue weighted by atomic mass is 19.1. The average Bonchev–Trinajstić information content (AvgIpc) is 2.91. The first kappa shape index (κ1) is 18.1. The molecule has 0 saturated carbocycles. The Balaban J connectivity index is 1.67. The summed E-state index contributed by atoms with van der Waals surface area (Å²) in [6, 6.07) is 3.60. The normalized spacial score (nSPS) is 14.7. The van der Waals surface area contributed by atoms with Gasteiger partial charge in [-0.05, 0) is 30.5 Å². The summed E-state index contributed by atoms with van der Waals surface area (Å²) < 4.78 is 19.2. The Kier molecular flexibility index (Phi) is 5.06. The number of hydrogen-bond donors (Lipinski definition) is 1. The highest BCUT2D eigenvalue weighted by Gasteiger charge is 2.29. The van der Waals surface area contributed by atoms with Gasteiger partial charge in [0.15, 0.2) is 0 Å². The molecule has 0 aromatic carbocycles. The second kappa shape index (κ2) is 7.27. The number of carbonyl (C=O) groups is 1. The molecule has 7 heteroatoms. The van der Waals surface area contributed by atoms with E-state index in [0.29, 0.717) is 30.4 Å². The molecule has 26 heavy (non-hydrogen) atoms. The Hall–Kier alpha value is -2.70. The summed E-state index contributed by atoms with van der Waals surface area (Å²) in [5, 5.41) is 0. The highest BCUT2D eigenvalue weighted by Crippen LogP contribution is 2.28. The number of carbonyl (C=O) groups excluding carboxylic acids is 1. The zero-order valence-corrected chi connectivity index (χ0v) is 15.2. The van der Waals surface area contributed by atoms with E-state index in [4.69, 9.17) is 10.5 Å². The van der Waals surface area contributed by atoms with Crippen molar-refractivity contribution in [2.24, 2.45) is 5.92 Å². The maximum atomic E-state index is 13.7. The van der Waals surface area contributed by atoms with Crippen LogP contribution in [-0.2, 0) is 13.1 Å². The maximum Gasteiger partial charge on any atom is 0.255 e. The molecular weight excluding hydrogens is 335 g/mol. The molecule has 1 aliphatic heterocycles. The van der Waals surface area contributed by atoms with Crippen LogP contribution in [0.25, 0.3) is 0 Å². The fourth-order valence-electron chi connectivity index (χ4n) is 2.87. The number of halogens is 1. The van der Waals surface area contributed by atoms with E-state index >= 15 is 0 Å². The van der Waals surface area contributed by atoms with E-state index in [1.54, 1.807) is 23.4 Å². The fraction of sp³-hybridized carbons (Fsp3) is 0.421. The van der Waals surface area contributed by atoms with Crippen molar-refractivity contribution in [1.82, 2.24) is 14.9 Å². The lowest BCUT2D eigenvalue weighted by molar-refractivity contribution is 0.0766. The lowest BCUT2D eigenvalue weighted by atomic mass is 10.1. The Bertz CT molecular complexity index is 825. The first-order valence-corrected chi connectivity index (χ1v) is 8.61. The van der Waals surface area contributed by atoms with E-state index in [2.05, 4.69) is 9.97 Å². The van der Waals surface area contributed by atoms with Crippen LogP contribution in [0.3, 0.4) is 0 Å². The molecule has 1 aliphatic rings. The number of aryl methyl sites for hydroxylation is 1. The van der Waals surface area contributed by atoms with Gasteiger partial charge in [0.2, 0.25) is 5.88 Å². The maximum absolute atomic E-state index is 13.7. The Morgan fingerprint density at radius 3 is 2.81 bits per heavy atom. The molecule has 3 heterocycles. The molecule has 0 fully saturated rings. The van der Waals surface area contributed by atoms with Gasteiger partial charge in [-0.25, -0.2) is 14.4 Å². The molecule has 1 amide bonds. The molecular formula is C19H23FN4O2. The van der Waals surface area contributed by atoms with Gasteiger partial charge in [-0.2, -0.15) is 0 Å². The van der Waals surface area contributed by atoms with Gasteiger partial charge >= 0.3 is 0 Å². The van der Waals surface area contributed by atoms with Crippen molar-refractivity contribution in [2.75, 3.05) is 12.3 Å². The molecule has 1 atom stereocenters. The molecule has 0 saturated heterocycles. The highest BCUT2D eigenvalue weighted by molar-refractivity contribution is 5.99. The number of nitrogen functional groups attached to an aromatic ring is 1. The van der Waals surface area contributed by atoms with Crippen LogP contribution in [-0.4, -0.2) is 33.6 Å². The SMILES string of the molecule is Cc1cc(CN2Cc3c(ccnc3N)C2=O)cnc1OCC(F)C(C)C. The van der Waals surface area contributed by atoms with Gasteiger partial charge in [0.1, 0.15) is 18.6 Å². The zero-order chi connectivity index (χ0) is 18.8. The van der Waals surface area contributed by atoms with Crippen LogP contribution in [0.5, 0.6) is 5.88 Å². The van der Waals surface area contributed by atoms with Crippen molar-refractivity contribution < 1.29 is 13.9 Å². The van der Waals surface area contributed by atoms with Crippen LogP contribution in [0.2, 0.25) is 0 Å². The minimum Gasteiger partial charge on any atom is -0.474 e. The van der Waals surface area contributed by atoms with Crippen molar-refractivity contribution in [3.8, 4) is 5.88 Å². The van der Waals surface area contributed by atoms with E-state index in [9.17, 15) is 9.18 Å². The van der Waals surface area contributed by atoms with E-state index in [1.807, 2.05) is 26.8 Å². The fourth-order valence-corrected chi connectivity index (χ4v) is 2.87. The van der Waals surface area contributed by atoms with Gasteiger partial charge in [0.25, 0.3) is 5.91 Å². The number of aromatic nitrogens is 2.